The van der Waals surface area contributed by atoms with E-state index in [0.717, 1.165) is 5.84 Å². The molecule has 0 saturated carbocycles. The van der Waals surface area contributed by atoms with Crippen molar-refractivity contribution in [1.82, 2.24) is 15.1 Å². The zero-order chi connectivity index (χ0) is 7.02. The fraction of sp³-hybridized carbons (Fsp3) is 0.750. The van der Waals surface area contributed by atoms with Gasteiger partial charge in [-0.3, -0.25) is 0 Å². The van der Waals surface area contributed by atoms with Crippen LogP contribution in [-0.2, 0) is 0 Å². The summed E-state index contributed by atoms with van der Waals surface area (Å²) in [6, 6.07) is 0. The highest BCUT2D eigenvalue weighted by Crippen LogP contribution is 1.98. The Bertz CT molecular complexity index is 139. The topological polar surface area (TPSA) is 21.5 Å². The van der Waals surface area contributed by atoms with Crippen LogP contribution in [0.2, 0.25) is 0 Å². The molecule has 0 aromatic heterocycles. The molecule has 0 aromatic rings. The highest BCUT2D eigenvalue weighted by Gasteiger charge is 2.24. The first-order valence-corrected chi connectivity index (χ1v) is 3.09. The molecule has 1 heterocycles. The Balaban J connectivity index is 2.79. The number of hydrogen-bond acceptors (Lipinski definition) is 4. The summed E-state index contributed by atoms with van der Waals surface area (Å²) < 4.78 is 3.50. The van der Waals surface area contributed by atoms with Gasteiger partial charge in [-0.05, 0) is 18.3 Å². The van der Waals surface area contributed by atoms with Crippen molar-refractivity contribution in [2.24, 2.45) is 0 Å². The molecular formula is C4H11N4S+. The van der Waals surface area contributed by atoms with Gasteiger partial charge < -0.3 is 0 Å². The molecule has 1 N–H and O–H groups in total. The van der Waals surface area contributed by atoms with Crippen molar-refractivity contribution in [3.63, 3.8) is 0 Å². The molecule has 0 radical (unpaired) electrons. The largest absolute Gasteiger partial charge is 0.288 e. The zero-order valence-corrected chi connectivity index (χ0v) is 6.68. The smallest absolute Gasteiger partial charge is 0.166 e. The minimum absolute atomic E-state index is 1.12. The van der Waals surface area contributed by atoms with E-state index in [-0.39, 0.29) is 0 Å². The normalized spacial score (nSPS) is 20.0. The maximum Gasteiger partial charge on any atom is 0.288 e. The summed E-state index contributed by atoms with van der Waals surface area (Å²) in [5, 5.41) is 1.88. The van der Waals surface area contributed by atoms with Gasteiger partial charge >= 0.3 is 0 Å². The molecule has 4 nitrogen and oxygen atoms in total. The SMILES string of the molecule is CC1=[N+](C)N(S)NN1C. The van der Waals surface area contributed by atoms with Gasteiger partial charge in [0, 0.05) is 6.92 Å². The molecule has 0 bridgehead atoms. The van der Waals surface area contributed by atoms with Gasteiger partial charge in [0.25, 0.3) is 5.84 Å². The van der Waals surface area contributed by atoms with Gasteiger partial charge in [0.15, 0.2) is 0 Å². The summed E-state index contributed by atoms with van der Waals surface area (Å²) in [7, 11) is 3.86. The predicted molar refractivity (Wildman–Crippen MR) is 38.6 cm³/mol. The van der Waals surface area contributed by atoms with Gasteiger partial charge in [0.05, 0.1) is 7.05 Å². The van der Waals surface area contributed by atoms with Crippen LogP contribution >= 0.6 is 12.8 Å². The number of hydrazone groups is 1. The molecular weight excluding hydrogens is 136 g/mol. The predicted octanol–water partition coefficient (Wildman–Crippen LogP) is -0.526. The number of rotatable bonds is 0. The van der Waals surface area contributed by atoms with Crippen molar-refractivity contribution < 1.29 is 4.68 Å². The Morgan fingerprint density at radius 2 is 2.22 bits per heavy atom. The summed E-state index contributed by atoms with van der Waals surface area (Å²) in [5.74, 6) is 1.12. The quantitative estimate of drug-likeness (QED) is 0.355. The van der Waals surface area contributed by atoms with Crippen LogP contribution in [0.5, 0.6) is 0 Å². The lowest BCUT2D eigenvalue weighted by Gasteiger charge is -2.04. The van der Waals surface area contributed by atoms with Crippen molar-refractivity contribution in [2.45, 2.75) is 6.92 Å². The summed E-state index contributed by atoms with van der Waals surface area (Å²) in [6.45, 7) is 2.00. The second kappa shape index (κ2) is 2.07. The lowest BCUT2D eigenvalue weighted by Crippen LogP contribution is -2.36. The van der Waals surface area contributed by atoms with Crippen LogP contribution in [0.4, 0.5) is 0 Å². The third-order valence-corrected chi connectivity index (χ3v) is 1.84. The lowest BCUT2D eigenvalue weighted by molar-refractivity contribution is -0.631. The molecule has 0 unspecified atom stereocenters. The highest BCUT2D eigenvalue weighted by molar-refractivity contribution is 7.77. The van der Waals surface area contributed by atoms with Crippen LogP contribution in [0, 0.1) is 0 Å². The molecule has 0 amide bonds. The minimum Gasteiger partial charge on any atom is -0.166 e. The van der Waals surface area contributed by atoms with Crippen molar-refractivity contribution in [3.05, 3.63) is 0 Å². The number of amidine groups is 1. The maximum absolute atomic E-state index is 4.09. The number of thiol groups is 1. The molecule has 0 saturated heterocycles. The van der Waals surface area contributed by atoms with Crippen LogP contribution in [-0.4, -0.2) is 34.1 Å². The first kappa shape index (κ1) is 6.70. The molecule has 1 rings (SSSR count). The number of hydrazine groups is 3. The molecule has 0 aromatic carbocycles. The second-order valence-corrected chi connectivity index (χ2v) is 2.40. The van der Waals surface area contributed by atoms with Crippen LogP contribution in [0.15, 0.2) is 0 Å². The van der Waals surface area contributed by atoms with E-state index in [9.17, 15) is 0 Å². The van der Waals surface area contributed by atoms with E-state index in [4.69, 9.17) is 0 Å². The van der Waals surface area contributed by atoms with Crippen LogP contribution in [0.25, 0.3) is 0 Å². The molecule has 0 spiro atoms. The number of nitrogens with one attached hydrogen (secondary N) is 1. The standard InChI is InChI=1S/C4H11N4S/c1-4-6(2)5-8(9)7(4)3/h5,9H,1-3H3/q+1. The first-order valence-electron chi connectivity index (χ1n) is 2.69. The molecule has 0 fully saturated rings. The molecule has 1 aliphatic heterocycles. The molecule has 1 aliphatic rings. The van der Waals surface area contributed by atoms with E-state index in [0.29, 0.717) is 0 Å². The zero-order valence-electron chi connectivity index (χ0n) is 5.79. The van der Waals surface area contributed by atoms with E-state index in [1.165, 1.54) is 0 Å². The van der Waals surface area contributed by atoms with Gasteiger partial charge in [-0.1, -0.05) is 4.52 Å². The van der Waals surface area contributed by atoms with E-state index in [1.807, 2.05) is 30.7 Å². The average Bonchev–Trinajstić information content (AvgIpc) is 1.98. The number of nitrogens with zero attached hydrogens (tertiary/aromatic N) is 3. The lowest BCUT2D eigenvalue weighted by atomic mass is 10.6. The van der Waals surface area contributed by atoms with Crippen molar-refractivity contribution in [1.29, 1.82) is 0 Å². The number of hydrogen-bond donors (Lipinski definition) is 2. The van der Waals surface area contributed by atoms with E-state index >= 15 is 0 Å². The van der Waals surface area contributed by atoms with E-state index in [1.54, 1.807) is 4.52 Å². The van der Waals surface area contributed by atoms with Crippen molar-refractivity contribution in [3.8, 4) is 0 Å². The molecule has 5 heteroatoms. The Morgan fingerprint density at radius 1 is 1.67 bits per heavy atom. The fourth-order valence-electron chi connectivity index (χ4n) is 0.628. The third-order valence-electron chi connectivity index (χ3n) is 1.48. The molecule has 0 atom stereocenters. The van der Waals surface area contributed by atoms with Gasteiger partial charge in [0.2, 0.25) is 0 Å². The first-order chi connectivity index (χ1) is 4.13. The van der Waals surface area contributed by atoms with Gasteiger partial charge in [-0.25, -0.2) is 0 Å². The van der Waals surface area contributed by atoms with Crippen molar-refractivity contribution >= 4 is 18.7 Å². The summed E-state index contributed by atoms with van der Waals surface area (Å²) in [5.41, 5.74) is 2.94. The Labute approximate surface area is 60.2 Å². The monoisotopic (exact) mass is 147 g/mol. The molecule has 52 valence electrons. The minimum atomic E-state index is 1.12. The Hall–Kier alpha value is -0.420. The van der Waals surface area contributed by atoms with Crippen molar-refractivity contribution in [2.75, 3.05) is 14.1 Å². The summed E-state index contributed by atoms with van der Waals surface area (Å²) in [4.78, 5) is 0. The van der Waals surface area contributed by atoms with E-state index in [2.05, 4.69) is 18.3 Å². The van der Waals surface area contributed by atoms with Gasteiger partial charge in [0.1, 0.15) is 7.05 Å². The molecule has 9 heavy (non-hydrogen) atoms. The summed E-state index contributed by atoms with van der Waals surface area (Å²) >= 11 is 4.09. The maximum atomic E-state index is 4.09. The second-order valence-electron chi connectivity index (χ2n) is 2.02. The molecule has 0 aliphatic carbocycles. The fourth-order valence-corrected chi connectivity index (χ4v) is 0.891. The Kier molecular flexibility index (Phi) is 1.54. The summed E-state index contributed by atoms with van der Waals surface area (Å²) in [6.07, 6.45) is 0. The van der Waals surface area contributed by atoms with Crippen LogP contribution in [0.3, 0.4) is 0 Å². The van der Waals surface area contributed by atoms with Gasteiger partial charge in [-0.2, -0.15) is 5.01 Å². The third kappa shape index (κ3) is 0.972. The van der Waals surface area contributed by atoms with Crippen LogP contribution in [0.1, 0.15) is 6.92 Å². The Morgan fingerprint density at radius 3 is 2.33 bits per heavy atom. The van der Waals surface area contributed by atoms with Gasteiger partial charge in [-0.15, -0.1) is 4.68 Å². The van der Waals surface area contributed by atoms with Crippen LogP contribution < -0.4 is 5.53 Å². The average molecular weight is 147 g/mol. The van der Waals surface area contributed by atoms with E-state index < -0.39 is 0 Å². The highest BCUT2D eigenvalue weighted by atomic mass is 32.1.